The lowest BCUT2D eigenvalue weighted by atomic mass is 10.2. The molecule has 1 rings (SSSR count). The quantitative estimate of drug-likeness (QED) is 0.478. The highest BCUT2D eigenvalue weighted by atomic mass is 16.5. The van der Waals surface area contributed by atoms with Crippen LogP contribution >= 0.6 is 0 Å². The number of methoxy groups -OCH3 is 1. The molecule has 1 aromatic rings. The summed E-state index contributed by atoms with van der Waals surface area (Å²) in [5, 5.41) is 14.4. The Labute approximate surface area is 110 Å². The first-order valence-corrected chi connectivity index (χ1v) is 5.84. The van der Waals surface area contributed by atoms with Gasteiger partial charge in [0.1, 0.15) is 17.6 Å². The van der Waals surface area contributed by atoms with E-state index in [9.17, 15) is 14.7 Å². The largest absolute Gasteiger partial charge is 0.464 e. The minimum absolute atomic E-state index is 0.0938. The lowest BCUT2D eigenvalue weighted by Crippen LogP contribution is -2.42. The summed E-state index contributed by atoms with van der Waals surface area (Å²) in [5.41, 5.74) is 0. The van der Waals surface area contributed by atoms with Crippen molar-refractivity contribution < 1.29 is 23.8 Å². The summed E-state index contributed by atoms with van der Waals surface area (Å²) < 4.78 is 9.93. The zero-order chi connectivity index (χ0) is 14.3. The molecule has 0 spiro atoms. The molecule has 1 atom stereocenters. The van der Waals surface area contributed by atoms with Gasteiger partial charge in [0.2, 0.25) is 0 Å². The molecule has 0 aliphatic rings. The molecular formula is C12H18N2O5. The maximum atomic E-state index is 11.4. The third kappa shape index (κ3) is 5.11. The Morgan fingerprint density at radius 1 is 1.37 bits per heavy atom. The number of carbonyl (C=O) groups excluding carboxylic acids is 2. The van der Waals surface area contributed by atoms with Crippen LogP contribution in [0.2, 0.25) is 0 Å². The Kier molecular flexibility index (Phi) is 6.04. The molecule has 19 heavy (non-hydrogen) atoms. The van der Waals surface area contributed by atoms with Crippen molar-refractivity contribution >= 4 is 11.8 Å². The van der Waals surface area contributed by atoms with Gasteiger partial charge in [0.05, 0.1) is 13.2 Å². The summed E-state index contributed by atoms with van der Waals surface area (Å²) >= 11 is 0. The van der Waals surface area contributed by atoms with Crippen LogP contribution in [-0.2, 0) is 14.3 Å². The Balaban J connectivity index is 2.31. The van der Waals surface area contributed by atoms with Crippen molar-refractivity contribution in [1.29, 1.82) is 0 Å². The van der Waals surface area contributed by atoms with Gasteiger partial charge in [-0.1, -0.05) is 0 Å². The van der Waals surface area contributed by atoms with Crippen LogP contribution in [0.1, 0.15) is 17.6 Å². The standard InChI is InChI=1S/C12H18N2O5/c1-8-3-4-10(19-8)9(15)7-14-12(17)11(16)13-5-6-18-2/h3-4,9,15H,5-7H2,1-2H3,(H,13,16)(H,14,17). The van der Waals surface area contributed by atoms with Gasteiger partial charge in [-0.2, -0.15) is 0 Å². The Bertz CT molecular complexity index is 430. The third-order valence-electron chi connectivity index (χ3n) is 2.34. The molecule has 0 radical (unpaired) electrons. The molecule has 1 unspecified atom stereocenters. The Morgan fingerprint density at radius 3 is 2.63 bits per heavy atom. The van der Waals surface area contributed by atoms with Crippen molar-refractivity contribution in [3.63, 3.8) is 0 Å². The van der Waals surface area contributed by atoms with E-state index in [-0.39, 0.29) is 13.1 Å². The minimum atomic E-state index is -0.982. The van der Waals surface area contributed by atoms with Gasteiger partial charge in [0, 0.05) is 13.7 Å². The van der Waals surface area contributed by atoms with Crippen LogP contribution in [0.4, 0.5) is 0 Å². The highest BCUT2D eigenvalue weighted by Gasteiger charge is 2.16. The molecule has 7 nitrogen and oxygen atoms in total. The van der Waals surface area contributed by atoms with Crippen LogP contribution < -0.4 is 10.6 Å². The summed E-state index contributed by atoms with van der Waals surface area (Å²) in [6.45, 7) is 2.23. The molecular weight excluding hydrogens is 252 g/mol. The van der Waals surface area contributed by atoms with E-state index in [4.69, 9.17) is 9.15 Å². The second-order valence-electron chi connectivity index (χ2n) is 3.92. The molecule has 0 saturated heterocycles. The molecule has 1 heterocycles. The fourth-order valence-corrected chi connectivity index (χ4v) is 1.35. The number of nitrogens with one attached hydrogen (secondary N) is 2. The van der Waals surface area contributed by atoms with E-state index in [2.05, 4.69) is 10.6 Å². The molecule has 0 aromatic carbocycles. The lowest BCUT2D eigenvalue weighted by Gasteiger charge is -2.09. The second-order valence-corrected chi connectivity index (χ2v) is 3.92. The number of aryl methyl sites for hydroxylation is 1. The van der Waals surface area contributed by atoms with Gasteiger partial charge >= 0.3 is 11.8 Å². The fourth-order valence-electron chi connectivity index (χ4n) is 1.35. The average molecular weight is 270 g/mol. The number of aliphatic hydroxyl groups is 1. The van der Waals surface area contributed by atoms with E-state index in [1.54, 1.807) is 19.1 Å². The van der Waals surface area contributed by atoms with Crippen molar-refractivity contribution in [2.45, 2.75) is 13.0 Å². The molecule has 7 heteroatoms. The summed E-state index contributed by atoms with van der Waals surface area (Å²) in [6.07, 6.45) is -0.982. The monoisotopic (exact) mass is 270 g/mol. The number of aliphatic hydroxyl groups excluding tert-OH is 1. The number of ether oxygens (including phenoxy) is 1. The maximum Gasteiger partial charge on any atom is 0.309 e. The van der Waals surface area contributed by atoms with E-state index >= 15 is 0 Å². The van der Waals surface area contributed by atoms with Crippen LogP contribution in [0.25, 0.3) is 0 Å². The number of hydrogen-bond donors (Lipinski definition) is 3. The van der Waals surface area contributed by atoms with Gasteiger partial charge in [-0.05, 0) is 19.1 Å². The van der Waals surface area contributed by atoms with E-state index in [1.165, 1.54) is 7.11 Å². The van der Waals surface area contributed by atoms with E-state index in [0.29, 0.717) is 18.1 Å². The smallest absolute Gasteiger partial charge is 0.309 e. The predicted octanol–water partition coefficient (Wildman–Crippen LogP) is -0.500. The molecule has 3 N–H and O–H groups in total. The van der Waals surface area contributed by atoms with Crippen LogP contribution in [-0.4, -0.2) is 43.7 Å². The molecule has 0 aliphatic heterocycles. The number of furan rings is 1. The molecule has 0 bridgehead atoms. The Hall–Kier alpha value is -1.86. The van der Waals surface area contributed by atoms with Crippen LogP contribution in [0.15, 0.2) is 16.5 Å². The average Bonchev–Trinajstić information content (AvgIpc) is 2.82. The highest BCUT2D eigenvalue weighted by molar-refractivity contribution is 6.35. The number of amides is 2. The van der Waals surface area contributed by atoms with Crippen molar-refractivity contribution in [2.75, 3.05) is 26.8 Å². The topological polar surface area (TPSA) is 101 Å². The number of hydrogen-bond acceptors (Lipinski definition) is 5. The minimum Gasteiger partial charge on any atom is -0.464 e. The fraction of sp³-hybridized carbons (Fsp3) is 0.500. The van der Waals surface area contributed by atoms with Gasteiger partial charge in [0.15, 0.2) is 0 Å². The second kappa shape index (κ2) is 7.55. The maximum absolute atomic E-state index is 11.4. The molecule has 0 aliphatic carbocycles. The zero-order valence-corrected chi connectivity index (χ0v) is 10.9. The predicted molar refractivity (Wildman–Crippen MR) is 66.3 cm³/mol. The van der Waals surface area contributed by atoms with Gasteiger partial charge in [-0.15, -0.1) is 0 Å². The van der Waals surface area contributed by atoms with Gasteiger partial charge < -0.3 is 24.9 Å². The lowest BCUT2D eigenvalue weighted by molar-refractivity contribution is -0.139. The van der Waals surface area contributed by atoms with Gasteiger partial charge in [0.25, 0.3) is 0 Å². The van der Waals surface area contributed by atoms with Crippen molar-refractivity contribution in [2.24, 2.45) is 0 Å². The zero-order valence-electron chi connectivity index (χ0n) is 10.9. The highest BCUT2D eigenvalue weighted by Crippen LogP contribution is 2.14. The summed E-state index contributed by atoms with van der Waals surface area (Å²) in [7, 11) is 1.49. The first-order chi connectivity index (χ1) is 9.04. The molecule has 2 amide bonds. The Morgan fingerprint density at radius 2 is 2.05 bits per heavy atom. The number of carbonyl (C=O) groups is 2. The van der Waals surface area contributed by atoms with E-state index in [0.717, 1.165) is 0 Å². The first-order valence-electron chi connectivity index (χ1n) is 5.84. The van der Waals surface area contributed by atoms with E-state index < -0.39 is 17.9 Å². The molecule has 106 valence electrons. The van der Waals surface area contributed by atoms with E-state index in [1.807, 2.05) is 0 Å². The van der Waals surface area contributed by atoms with Gasteiger partial charge in [-0.25, -0.2) is 0 Å². The summed E-state index contributed by atoms with van der Waals surface area (Å²) in [6, 6.07) is 3.32. The summed E-state index contributed by atoms with van der Waals surface area (Å²) in [4.78, 5) is 22.7. The molecule has 0 saturated carbocycles. The van der Waals surface area contributed by atoms with Crippen molar-refractivity contribution in [3.05, 3.63) is 23.7 Å². The van der Waals surface area contributed by atoms with Crippen LogP contribution in [0.3, 0.4) is 0 Å². The van der Waals surface area contributed by atoms with Crippen LogP contribution in [0.5, 0.6) is 0 Å². The first kappa shape index (κ1) is 15.2. The van der Waals surface area contributed by atoms with Gasteiger partial charge in [-0.3, -0.25) is 9.59 Å². The van der Waals surface area contributed by atoms with Crippen LogP contribution in [0, 0.1) is 6.92 Å². The SMILES string of the molecule is COCCNC(=O)C(=O)NCC(O)c1ccc(C)o1. The number of rotatable bonds is 6. The molecule has 0 fully saturated rings. The third-order valence-corrected chi connectivity index (χ3v) is 2.34. The van der Waals surface area contributed by atoms with Crippen molar-refractivity contribution in [3.8, 4) is 0 Å². The van der Waals surface area contributed by atoms with Crippen molar-refractivity contribution in [1.82, 2.24) is 10.6 Å². The summed E-state index contributed by atoms with van der Waals surface area (Å²) in [5.74, 6) is -0.561. The normalized spacial score (nSPS) is 11.9. The molecule has 1 aromatic heterocycles.